The number of imidazole rings is 1. The van der Waals surface area contributed by atoms with Crippen LogP contribution in [0.1, 0.15) is 65.9 Å². The van der Waals surface area contributed by atoms with Crippen LogP contribution < -0.4 is 0 Å². The summed E-state index contributed by atoms with van der Waals surface area (Å²) in [6.07, 6.45) is 9.45. The van der Waals surface area contributed by atoms with Gasteiger partial charge in [0.15, 0.2) is 11.4 Å². The number of nitrogens with one attached hydrogen (secondary N) is 1. The molecule has 1 aliphatic heterocycles. The fourth-order valence-corrected chi connectivity index (χ4v) is 3.81. The molecule has 114 valence electrons. The van der Waals surface area contributed by atoms with E-state index in [9.17, 15) is 9.59 Å². The molecule has 1 aromatic rings. The van der Waals surface area contributed by atoms with Crippen molar-refractivity contribution in [1.29, 1.82) is 0 Å². The minimum Gasteiger partial charge on any atom is -0.477 e. The fourth-order valence-electron chi connectivity index (χ4n) is 3.81. The minimum atomic E-state index is -1.13. The molecule has 1 atom stereocenters. The number of rotatable bonds is 3. The Morgan fingerprint density at radius 1 is 1.19 bits per heavy atom. The van der Waals surface area contributed by atoms with Gasteiger partial charge in [-0.3, -0.25) is 4.79 Å². The van der Waals surface area contributed by atoms with Crippen LogP contribution in [0, 0.1) is 5.92 Å². The third-order valence-corrected chi connectivity index (χ3v) is 4.81. The average molecular weight is 291 g/mol. The van der Waals surface area contributed by atoms with E-state index in [1.54, 1.807) is 0 Å². The molecule has 1 unspecified atom stereocenters. The number of carbonyl (C=O) groups is 2. The van der Waals surface area contributed by atoms with Crippen LogP contribution >= 0.6 is 0 Å². The first kappa shape index (κ1) is 14.1. The van der Waals surface area contributed by atoms with Gasteiger partial charge in [0.25, 0.3) is 5.91 Å². The normalized spacial score (nSPS) is 23.4. The predicted octanol–water partition coefficient (Wildman–Crippen LogP) is 2.29. The van der Waals surface area contributed by atoms with Gasteiger partial charge in [0.2, 0.25) is 0 Å². The lowest BCUT2D eigenvalue weighted by atomic mass is 9.83. The van der Waals surface area contributed by atoms with Crippen LogP contribution in [0.15, 0.2) is 6.33 Å². The van der Waals surface area contributed by atoms with E-state index in [4.69, 9.17) is 5.11 Å². The number of aromatic nitrogens is 2. The average Bonchev–Trinajstić information content (AvgIpc) is 3.16. The Morgan fingerprint density at radius 2 is 1.95 bits per heavy atom. The molecule has 0 aromatic carbocycles. The predicted molar refractivity (Wildman–Crippen MR) is 76.2 cm³/mol. The summed E-state index contributed by atoms with van der Waals surface area (Å²) in [6, 6.07) is 0.260. The van der Waals surface area contributed by atoms with Crippen molar-refractivity contribution in [2.24, 2.45) is 5.92 Å². The summed E-state index contributed by atoms with van der Waals surface area (Å²) in [7, 11) is 0. The Balaban J connectivity index is 1.79. The molecular formula is C15H21N3O3. The molecule has 2 fully saturated rings. The van der Waals surface area contributed by atoms with Crippen LogP contribution in [-0.2, 0) is 0 Å². The standard InChI is InChI=1S/C15H21N3O3/c19-14(12-13(15(20)21)17-9-16-12)18-8-4-7-11(18)10-5-2-1-3-6-10/h9-11H,1-8H2,(H,16,17)(H,20,21). The number of amides is 1. The van der Waals surface area contributed by atoms with E-state index >= 15 is 0 Å². The Kier molecular flexibility index (Phi) is 3.94. The van der Waals surface area contributed by atoms with Crippen LogP contribution in [0.4, 0.5) is 0 Å². The van der Waals surface area contributed by atoms with Gasteiger partial charge in [-0.2, -0.15) is 0 Å². The first-order chi connectivity index (χ1) is 10.2. The second-order valence-electron chi connectivity index (χ2n) is 6.04. The van der Waals surface area contributed by atoms with E-state index < -0.39 is 5.97 Å². The lowest BCUT2D eigenvalue weighted by molar-refractivity contribution is 0.0627. The molecule has 3 rings (SSSR count). The van der Waals surface area contributed by atoms with Gasteiger partial charge in [-0.05, 0) is 31.6 Å². The van der Waals surface area contributed by atoms with E-state index in [1.807, 2.05) is 4.90 Å². The highest BCUT2D eigenvalue weighted by molar-refractivity contribution is 6.02. The summed E-state index contributed by atoms with van der Waals surface area (Å²) >= 11 is 0. The first-order valence-corrected chi connectivity index (χ1v) is 7.76. The molecule has 1 aromatic heterocycles. The molecule has 0 bridgehead atoms. The second-order valence-corrected chi connectivity index (χ2v) is 6.04. The third-order valence-electron chi connectivity index (χ3n) is 4.81. The molecule has 6 heteroatoms. The number of carboxylic acids is 1. The van der Waals surface area contributed by atoms with Gasteiger partial charge >= 0.3 is 5.97 Å². The van der Waals surface area contributed by atoms with Gasteiger partial charge in [0.1, 0.15) is 0 Å². The molecule has 1 saturated carbocycles. The number of carbonyl (C=O) groups excluding carboxylic acids is 1. The molecule has 2 N–H and O–H groups in total. The van der Waals surface area contributed by atoms with Gasteiger partial charge in [-0.15, -0.1) is 0 Å². The van der Waals surface area contributed by atoms with Gasteiger partial charge in [0, 0.05) is 12.6 Å². The smallest absolute Gasteiger partial charge is 0.354 e. The summed E-state index contributed by atoms with van der Waals surface area (Å²) in [6.45, 7) is 0.714. The van der Waals surface area contributed by atoms with E-state index in [1.165, 1.54) is 38.4 Å². The van der Waals surface area contributed by atoms with Crippen molar-refractivity contribution in [2.75, 3.05) is 6.54 Å². The zero-order chi connectivity index (χ0) is 14.8. The Labute approximate surface area is 123 Å². The van der Waals surface area contributed by atoms with Crippen LogP contribution in [0.25, 0.3) is 0 Å². The maximum Gasteiger partial charge on any atom is 0.354 e. The molecule has 0 spiro atoms. The Hall–Kier alpha value is -1.85. The summed E-state index contributed by atoms with van der Waals surface area (Å²) in [5.41, 5.74) is -0.0560. The summed E-state index contributed by atoms with van der Waals surface area (Å²) < 4.78 is 0. The first-order valence-electron chi connectivity index (χ1n) is 7.76. The zero-order valence-electron chi connectivity index (χ0n) is 12.0. The SMILES string of the molecule is O=C(O)c1[nH]cnc1C(=O)N1CCCC1C1CCCCC1. The van der Waals surface area contributed by atoms with Gasteiger partial charge in [0.05, 0.1) is 6.33 Å². The van der Waals surface area contributed by atoms with Crippen molar-refractivity contribution in [1.82, 2.24) is 14.9 Å². The molecule has 1 saturated heterocycles. The number of aromatic carboxylic acids is 1. The van der Waals surface area contributed by atoms with Gasteiger partial charge < -0.3 is 15.0 Å². The monoisotopic (exact) mass is 291 g/mol. The van der Waals surface area contributed by atoms with E-state index in [2.05, 4.69) is 9.97 Å². The number of likely N-dealkylation sites (tertiary alicyclic amines) is 1. The Bertz CT molecular complexity index is 534. The minimum absolute atomic E-state index is 0.0465. The number of hydrogen-bond acceptors (Lipinski definition) is 3. The third kappa shape index (κ3) is 2.66. The second kappa shape index (κ2) is 5.87. The van der Waals surface area contributed by atoms with Crippen molar-refractivity contribution < 1.29 is 14.7 Å². The van der Waals surface area contributed by atoms with Crippen molar-refractivity contribution in [3.63, 3.8) is 0 Å². The van der Waals surface area contributed by atoms with Crippen LogP contribution in [-0.4, -0.2) is 44.4 Å². The molecule has 2 aliphatic rings. The van der Waals surface area contributed by atoms with Crippen LogP contribution in [0.5, 0.6) is 0 Å². The highest BCUT2D eigenvalue weighted by Gasteiger charge is 2.37. The largest absolute Gasteiger partial charge is 0.477 e. The fraction of sp³-hybridized carbons (Fsp3) is 0.667. The quantitative estimate of drug-likeness (QED) is 0.894. The highest BCUT2D eigenvalue weighted by atomic mass is 16.4. The molecule has 6 nitrogen and oxygen atoms in total. The maximum atomic E-state index is 12.7. The molecule has 0 radical (unpaired) electrons. The van der Waals surface area contributed by atoms with Crippen molar-refractivity contribution in [2.45, 2.75) is 51.0 Å². The van der Waals surface area contributed by atoms with E-state index in [0.717, 1.165) is 12.8 Å². The number of nitrogens with zero attached hydrogens (tertiary/aromatic N) is 2. The van der Waals surface area contributed by atoms with Gasteiger partial charge in [-0.25, -0.2) is 9.78 Å². The maximum absolute atomic E-state index is 12.7. The van der Waals surface area contributed by atoms with Gasteiger partial charge in [-0.1, -0.05) is 19.3 Å². The summed E-state index contributed by atoms with van der Waals surface area (Å²) in [4.78, 5) is 32.1. The molecule has 1 aliphatic carbocycles. The van der Waals surface area contributed by atoms with Crippen LogP contribution in [0.3, 0.4) is 0 Å². The number of H-pyrrole nitrogens is 1. The van der Waals surface area contributed by atoms with Crippen molar-refractivity contribution >= 4 is 11.9 Å². The molecule has 21 heavy (non-hydrogen) atoms. The zero-order valence-corrected chi connectivity index (χ0v) is 12.0. The van der Waals surface area contributed by atoms with Crippen molar-refractivity contribution in [3.05, 3.63) is 17.7 Å². The Morgan fingerprint density at radius 3 is 2.67 bits per heavy atom. The van der Waals surface area contributed by atoms with E-state index in [-0.39, 0.29) is 23.3 Å². The van der Waals surface area contributed by atoms with Crippen LogP contribution in [0.2, 0.25) is 0 Å². The highest BCUT2D eigenvalue weighted by Crippen LogP contribution is 2.35. The number of aromatic amines is 1. The lowest BCUT2D eigenvalue weighted by Gasteiger charge is -2.33. The van der Waals surface area contributed by atoms with Crippen molar-refractivity contribution in [3.8, 4) is 0 Å². The van der Waals surface area contributed by atoms with E-state index in [0.29, 0.717) is 12.5 Å². The molecule has 1 amide bonds. The summed E-state index contributed by atoms with van der Waals surface area (Å²) in [5.74, 6) is -0.802. The molecular weight excluding hydrogens is 270 g/mol. The number of carboxylic acid groups (broad SMARTS) is 1. The lowest BCUT2D eigenvalue weighted by Crippen LogP contribution is -2.41. The summed E-state index contributed by atoms with van der Waals surface area (Å²) in [5, 5.41) is 9.12. The number of hydrogen-bond donors (Lipinski definition) is 2. The molecule has 2 heterocycles. The topological polar surface area (TPSA) is 86.3 Å².